The van der Waals surface area contributed by atoms with Crippen LogP contribution < -0.4 is 15.5 Å². The van der Waals surface area contributed by atoms with Gasteiger partial charge < -0.3 is 15.7 Å². The number of benzene rings is 3. The Morgan fingerprint density at radius 1 is 0.800 bits per heavy atom. The number of urea groups is 1. The Bertz CT molecular complexity index is 1470. The topological polar surface area (TPSA) is 98.7 Å². The molecule has 3 amide bonds. The largest absolute Gasteiger partial charge is 0.481 e. The molecule has 0 atom stereocenters. The lowest BCUT2D eigenvalue weighted by molar-refractivity contribution is -0.143. The van der Waals surface area contributed by atoms with E-state index in [0.717, 1.165) is 37.7 Å². The normalized spacial score (nSPS) is 14.1. The summed E-state index contributed by atoms with van der Waals surface area (Å²) in [5.41, 5.74) is -1.65. The molecule has 1 saturated carbocycles. The molecule has 3 aromatic rings. The van der Waals surface area contributed by atoms with Crippen LogP contribution in [0.2, 0.25) is 0 Å². The van der Waals surface area contributed by atoms with E-state index in [1.807, 2.05) is 12.1 Å². The van der Waals surface area contributed by atoms with Crippen molar-refractivity contribution >= 4 is 29.3 Å². The molecular formula is C32H31F6N3O4. The molecule has 0 bridgehead atoms. The van der Waals surface area contributed by atoms with Gasteiger partial charge in [-0.2, -0.15) is 26.3 Å². The Kier molecular flexibility index (Phi) is 10.4. The second-order valence-corrected chi connectivity index (χ2v) is 10.8. The lowest BCUT2D eigenvalue weighted by Crippen LogP contribution is -2.34. The van der Waals surface area contributed by atoms with Crippen molar-refractivity contribution in [2.24, 2.45) is 0 Å². The number of aliphatic carboxylic acids is 1. The Balaban J connectivity index is 1.61. The van der Waals surface area contributed by atoms with Gasteiger partial charge in [0.15, 0.2) is 0 Å². The fraction of sp³-hybridized carbons (Fsp3) is 0.344. The van der Waals surface area contributed by atoms with Gasteiger partial charge in [-0.05, 0) is 72.4 Å². The number of carbonyl (C=O) groups excluding carboxylic acids is 2. The van der Waals surface area contributed by atoms with Crippen molar-refractivity contribution in [3.8, 4) is 0 Å². The summed E-state index contributed by atoms with van der Waals surface area (Å²) in [4.78, 5) is 37.7. The number of rotatable bonds is 9. The number of amides is 3. The summed E-state index contributed by atoms with van der Waals surface area (Å²) in [6.45, 7) is -0.215. The molecule has 45 heavy (non-hydrogen) atoms. The maximum Gasteiger partial charge on any atom is 0.416 e. The summed E-state index contributed by atoms with van der Waals surface area (Å²) in [6, 6.07) is 13.0. The van der Waals surface area contributed by atoms with E-state index < -0.39 is 47.1 Å². The van der Waals surface area contributed by atoms with Gasteiger partial charge in [-0.3, -0.25) is 14.5 Å². The number of hydrogen-bond acceptors (Lipinski definition) is 3. The number of hydrogen-bond donors (Lipinski definition) is 3. The lowest BCUT2D eigenvalue weighted by Gasteiger charge is -2.26. The van der Waals surface area contributed by atoms with Crippen LogP contribution in [0.25, 0.3) is 0 Å². The molecule has 1 aliphatic rings. The molecule has 0 heterocycles. The monoisotopic (exact) mass is 635 g/mol. The Hall–Kier alpha value is -4.55. The molecule has 0 radical (unpaired) electrons. The van der Waals surface area contributed by atoms with Crippen LogP contribution in [-0.2, 0) is 23.7 Å². The molecule has 0 unspecified atom stereocenters. The van der Waals surface area contributed by atoms with Crippen LogP contribution in [0.1, 0.15) is 77.1 Å². The second kappa shape index (κ2) is 14.0. The van der Waals surface area contributed by atoms with Gasteiger partial charge in [0.2, 0.25) is 0 Å². The zero-order valence-electron chi connectivity index (χ0n) is 24.0. The van der Waals surface area contributed by atoms with Gasteiger partial charge in [-0.1, -0.05) is 43.5 Å². The average molecular weight is 636 g/mol. The SMILES string of the molecule is O=C(O)CCNC(=O)c1ccc(CN(C(=O)Nc2cc(C(F)(F)F)cc(C(F)(F)F)c2)c2ccc(C3CCCCC3)cc2)cc1. The fourth-order valence-corrected chi connectivity index (χ4v) is 5.19. The molecule has 4 rings (SSSR count). The van der Waals surface area contributed by atoms with Crippen LogP contribution in [0.5, 0.6) is 0 Å². The number of carbonyl (C=O) groups is 3. The molecule has 240 valence electrons. The molecule has 7 nitrogen and oxygen atoms in total. The van der Waals surface area contributed by atoms with Crippen LogP contribution in [0, 0.1) is 0 Å². The van der Waals surface area contributed by atoms with Gasteiger partial charge in [0.1, 0.15) is 0 Å². The first-order chi connectivity index (χ1) is 21.2. The highest BCUT2D eigenvalue weighted by atomic mass is 19.4. The third kappa shape index (κ3) is 9.22. The highest BCUT2D eigenvalue weighted by Gasteiger charge is 2.37. The summed E-state index contributed by atoms with van der Waals surface area (Å²) >= 11 is 0. The lowest BCUT2D eigenvalue weighted by atomic mass is 9.84. The van der Waals surface area contributed by atoms with Crippen molar-refractivity contribution in [2.75, 3.05) is 16.8 Å². The first-order valence-electron chi connectivity index (χ1n) is 14.3. The van der Waals surface area contributed by atoms with Crippen LogP contribution in [0.15, 0.2) is 66.7 Å². The number of carboxylic acids is 1. The maximum atomic E-state index is 13.5. The van der Waals surface area contributed by atoms with E-state index in [4.69, 9.17) is 5.11 Å². The van der Waals surface area contributed by atoms with Gasteiger partial charge in [-0.25, -0.2) is 4.79 Å². The summed E-state index contributed by atoms with van der Waals surface area (Å²) in [7, 11) is 0. The fourth-order valence-electron chi connectivity index (χ4n) is 5.19. The molecule has 0 spiro atoms. The molecule has 3 aromatic carbocycles. The predicted molar refractivity (Wildman–Crippen MR) is 155 cm³/mol. The van der Waals surface area contributed by atoms with Gasteiger partial charge in [0, 0.05) is 23.5 Å². The van der Waals surface area contributed by atoms with E-state index in [0.29, 0.717) is 29.3 Å². The number of nitrogens with zero attached hydrogens (tertiary/aromatic N) is 1. The summed E-state index contributed by atoms with van der Waals surface area (Å²) in [5.74, 6) is -1.23. The van der Waals surface area contributed by atoms with Gasteiger partial charge in [-0.15, -0.1) is 0 Å². The summed E-state index contributed by atoms with van der Waals surface area (Å²) in [6.07, 6.45) is -5.01. The molecule has 13 heteroatoms. The minimum absolute atomic E-state index is 0.0171. The van der Waals surface area contributed by atoms with Crippen LogP contribution >= 0.6 is 0 Å². The number of halogens is 6. The zero-order valence-corrected chi connectivity index (χ0v) is 24.0. The van der Waals surface area contributed by atoms with E-state index in [-0.39, 0.29) is 31.1 Å². The molecule has 0 aliphatic heterocycles. The average Bonchev–Trinajstić information content (AvgIpc) is 2.99. The number of carboxylic acid groups (broad SMARTS) is 1. The number of nitrogens with one attached hydrogen (secondary N) is 2. The highest BCUT2D eigenvalue weighted by molar-refractivity contribution is 6.02. The second-order valence-electron chi connectivity index (χ2n) is 10.8. The minimum Gasteiger partial charge on any atom is -0.481 e. The van der Waals surface area contributed by atoms with E-state index in [1.54, 1.807) is 12.1 Å². The molecule has 0 aromatic heterocycles. The van der Waals surface area contributed by atoms with E-state index in [2.05, 4.69) is 10.6 Å². The number of alkyl halides is 6. The Morgan fingerprint density at radius 2 is 1.38 bits per heavy atom. The standard InChI is InChI=1S/C32H31F6N3O4/c33-31(34,35)24-16-25(32(36,37)38)18-26(17-24)40-30(45)41(27-12-10-22(11-13-27)21-4-2-1-3-5-21)19-20-6-8-23(9-7-20)29(44)39-15-14-28(42)43/h6-13,16-18,21H,1-5,14-15,19H2,(H,39,44)(H,40,45)(H,42,43). The van der Waals surface area contributed by atoms with Crippen LogP contribution in [-0.4, -0.2) is 29.6 Å². The van der Waals surface area contributed by atoms with Gasteiger partial charge in [0.25, 0.3) is 5.91 Å². The molecule has 1 fully saturated rings. The van der Waals surface area contributed by atoms with Crippen molar-refractivity contribution in [2.45, 2.75) is 63.3 Å². The molecule has 1 aliphatic carbocycles. The van der Waals surface area contributed by atoms with Crippen molar-refractivity contribution in [3.05, 3.63) is 94.5 Å². The Morgan fingerprint density at radius 3 is 1.91 bits per heavy atom. The maximum absolute atomic E-state index is 13.5. The smallest absolute Gasteiger partial charge is 0.416 e. The van der Waals surface area contributed by atoms with Gasteiger partial charge in [0.05, 0.1) is 24.1 Å². The minimum atomic E-state index is -5.09. The van der Waals surface area contributed by atoms with Crippen LogP contribution in [0.4, 0.5) is 42.5 Å². The van der Waals surface area contributed by atoms with E-state index in [1.165, 1.54) is 29.2 Å². The van der Waals surface area contributed by atoms with Crippen molar-refractivity contribution in [1.29, 1.82) is 0 Å². The Labute approximate surface area is 255 Å². The van der Waals surface area contributed by atoms with Crippen molar-refractivity contribution < 1.29 is 45.8 Å². The third-order valence-electron chi connectivity index (χ3n) is 7.55. The summed E-state index contributed by atoms with van der Waals surface area (Å²) < 4.78 is 80.5. The summed E-state index contributed by atoms with van der Waals surface area (Å²) in [5, 5.41) is 13.4. The van der Waals surface area contributed by atoms with Gasteiger partial charge >= 0.3 is 24.4 Å². The third-order valence-corrected chi connectivity index (χ3v) is 7.55. The highest BCUT2D eigenvalue weighted by Crippen LogP contribution is 2.38. The number of anilines is 2. The van der Waals surface area contributed by atoms with E-state index >= 15 is 0 Å². The van der Waals surface area contributed by atoms with Crippen LogP contribution in [0.3, 0.4) is 0 Å². The van der Waals surface area contributed by atoms with Crippen molar-refractivity contribution in [3.63, 3.8) is 0 Å². The molecular weight excluding hydrogens is 604 g/mol. The zero-order chi connectivity index (χ0) is 32.8. The first kappa shape index (κ1) is 33.3. The van der Waals surface area contributed by atoms with E-state index in [9.17, 15) is 40.7 Å². The quantitative estimate of drug-likeness (QED) is 0.207. The first-order valence-corrected chi connectivity index (χ1v) is 14.3. The predicted octanol–water partition coefficient (Wildman–Crippen LogP) is 8.22. The van der Waals surface area contributed by atoms with Crippen molar-refractivity contribution in [1.82, 2.24) is 5.32 Å². The molecule has 3 N–H and O–H groups in total. The molecule has 0 saturated heterocycles.